The van der Waals surface area contributed by atoms with Gasteiger partial charge < -0.3 is 4.57 Å². The van der Waals surface area contributed by atoms with Crippen molar-refractivity contribution in [3.8, 4) is 12.3 Å². The van der Waals surface area contributed by atoms with E-state index in [0.29, 0.717) is 16.9 Å². The van der Waals surface area contributed by atoms with E-state index >= 15 is 0 Å². The molecule has 0 atom stereocenters. The van der Waals surface area contributed by atoms with Gasteiger partial charge in [-0.25, -0.2) is 8.42 Å². The molecule has 1 amide bonds. The zero-order chi connectivity index (χ0) is 19.6. The molecule has 2 aromatic carbocycles. The Kier molecular flexibility index (Phi) is 5.31. The summed E-state index contributed by atoms with van der Waals surface area (Å²) in [5.74, 6) is 2.16. The summed E-state index contributed by atoms with van der Waals surface area (Å²) >= 11 is 1.41. The zero-order valence-corrected chi connectivity index (χ0v) is 16.6. The topological polar surface area (TPSA) is 68.5 Å². The maximum atomic E-state index is 12.6. The highest BCUT2D eigenvalue weighted by atomic mass is 32.2. The predicted molar refractivity (Wildman–Crippen MR) is 107 cm³/mol. The number of carbonyl (C=O) groups excluding carboxylic acids is 1. The Labute approximate surface area is 161 Å². The second kappa shape index (κ2) is 7.51. The zero-order valence-electron chi connectivity index (χ0n) is 15.0. The van der Waals surface area contributed by atoms with Gasteiger partial charge in [0.2, 0.25) is 0 Å². The lowest BCUT2D eigenvalue weighted by Crippen LogP contribution is -2.16. The van der Waals surface area contributed by atoms with Crippen LogP contribution in [0.4, 0.5) is 0 Å². The fourth-order valence-corrected chi connectivity index (χ4v) is 4.38. The van der Waals surface area contributed by atoms with E-state index in [2.05, 4.69) is 23.9 Å². The van der Waals surface area contributed by atoms with Gasteiger partial charge in [0.15, 0.2) is 14.6 Å². The second-order valence-electron chi connectivity index (χ2n) is 6.04. The Morgan fingerprint density at radius 3 is 2.52 bits per heavy atom. The number of benzene rings is 2. The molecule has 27 heavy (non-hydrogen) atoms. The van der Waals surface area contributed by atoms with Crippen molar-refractivity contribution >= 4 is 37.3 Å². The van der Waals surface area contributed by atoms with Gasteiger partial charge in [-0.3, -0.25) is 4.79 Å². The molecule has 0 saturated carbocycles. The number of rotatable bonds is 4. The molecular weight excluding hydrogens is 380 g/mol. The highest BCUT2D eigenvalue weighted by Crippen LogP contribution is 2.20. The minimum Gasteiger partial charge on any atom is -0.305 e. The normalized spacial score (nSPS) is 12.3. The standard InChI is InChI=1S/C20H18N2O3S2/c1-4-12-22-17-11-6-14(5-2)13-18(17)26-20(22)21-19(23)15-7-9-16(10-8-15)27(3,24)25/h1,6-11,13H,5,12H2,2-3H3. The Balaban J connectivity index is 2.07. The van der Waals surface area contributed by atoms with E-state index in [1.54, 1.807) is 0 Å². The average Bonchev–Trinajstić information content (AvgIpc) is 2.97. The van der Waals surface area contributed by atoms with Crippen molar-refractivity contribution in [3.05, 3.63) is 58.4 Å². The smallest absolute Gasteiger partial charge is 0.279 e. The van der Waals surface area contributed by atoms with Gasteiger partial charge in [-0.05, 0) is 48.4 Å². The third-order valence-corrected chi connectivity index (χ3v) is 6.30. The minimum absolute atomic E-state index is 0.162. The lowest BCUT2D eigenvalue weighted by Gasteiger charge is -2.01. The van der Waals surface area contributed by atoms with Crippen LogP contribution in [-0.4, -0.2) is 25.1 Å². The summed E-state index contributed by atoms with van der Waals surface area (Å²) in [6.07, 6.45) is 7.53. The molecule has 1 aromatic heterocycles. The van der Waals surface area contributed by atoms with Crippen molar-refractivity contribution in [1.82, 2.24) is 4.57 Å². The molecule has 0 N–H and O–H groups in total. The molecule has 7 heteroatoms. The van der Waals surface area contributed by atoms with Crippen LogP contribution >= 0.6 is 11.3 Å². The number of carbonyl (C=O) groups is 1. The molecule has 3 aromatic rings. The first-order valence-electron chi connectivity index (χ1n) is 8.28. The number of terminal acetylenes is 1. The van der Waals surface area contributed by atoms with E-state index < -0.39 is 15.7 Å². The molecule has 0 aliphatic rings. The highest BCUT2D eigenvalue weighted by Gasteiger charge is 2.11. The Morgan fingerprint density at radius 2 is 1.93 bits per heavy atom. The van der Waals surface area contributed by atoms with E-state index in [1.807, 2.05) is 16.7 Å². The fourth-order valence-electron chi connectivity index (χ4n) is 2.66. The largest absolute Gasteiger partial charge is 0.305 e. The second-order valence-corrected chi connectivity index (χ2v) is 9.07. The molecular formula is C20H18N2O3S2. The van der Waals surface area contributed by atoms with Crippen LogP contribution in [0.2, 0.25) is 0 Å². The van der Waals surface area contributed by atoms with Gasteiger partial charge in [0, 0.05) is 11.8 Å². The monoisotopic (exact) mass is 398 g/mol. The van der Waals surface area contributed by atoms with E-state index in [4.69, 9.17) is 6.42 Å². The Morgan fingerprint density at radius 1 is 1.22 bits per heavy atom. The van der Waals surface area contributed by atoms with Crippen molar-refractivity contribution < 1.29 is 13.2 Å². The van der Waals surface area contributed by atoms with Gasteiger partial charge in [0.05, 0.1) is 21.7 Å². The first kappa shape index (κ1) is 19.1. The summed E-state index contributed by atoms with van der Waals surface area (Å²) in [6, 6.07) is 11.9. The van der Waals surface area contributed by atoms with Gasteiger partial charge in [0.1, 0.15) is 0 Å². The van der Waals surface area contributed by atoms with Crippen LogP contribution in [0, 0.1) is 12.3 Å². The molecule has 0 unspecified atom stereocenters. The first-order valence-corrected chi connectivity index (χ1v) is 11.0. The maximum absolute atomic E-state index is 12.6. The Bertz CT molecular complexity index is 1220. The van der Waals surface area contributed by atoms with E-state index in [0.717, 1.165) is 22.9 Å². The number of sulfone groups is 1. The van der Waals surface area contributed by atoms with Crippen molar-refractivity contribution in [2.75, 3.05) is 6.26 Å². The van der Waals surface area contributed by atoms with Crippen LogP contribution in [0.25, 0.3) is 10.2 Å². The third-order valence-electron chi connectivity index (χ3n) is 4.13. The Hall–Kier alpha value is -2.69. The summed E-state index contributed by atoms with van der Waals surface area (Å²) in [5, 5.41) is 0. The van der Waals surface area contributed by atoms with Gasteiger partial charge in [-0.2, -0.15) is 4.99 Å². The van der Waals surface area contributed by atoms with E-state index in [9.17, 15) is 13.2 Å². The van der Waals surface area contributed by atoms with Crippen molar-refractivity contribution in [2.24, 2.45) is 4.99 Å². The molecule has 0 aliphatic carbocycles. The molecule has 0 fully saturated rings. The number of amides is 1. The lowest BCUT2D eigenvalue weighted by atomic mass is 10.2. The quantitative estimate of drug-likeness (QED) is 0.635. The fraction of sp³-hybridized carbons (Fsp3) is 0.200. The number of thiazole rings is 1. The molecule has 138 valence electrons. The summed E-state index contributed by atoms with van der Waals surface area (Å²) in [4.78, 5) is 17.5. The third kappa shape index (κ3) is 4.02. The van der Waals surface area contributed by atoms with Gasteiger partial charge in [-0.15, -0.1) is 6.42 Å². The number of aryl methyl sites for hydroxylation is 1. The van der Waals surface area contributed by atoms with Gasteiger partial charge in [-0.1, -0.05) is 30.2 Å². The number of hydrogen-bond acceptors (Lipinski definition) is 4. The van der Waals surface area contributed by atoms with Crippen LogP contribution in [-0.2, 0) is 22.8 Å². The van der Waals surface area contributed by atoms with Crippen LogP contribution in [0.15, 0.2) is 52.4 Å². The van der Waals surface area contributed by atoms with Crippen LogP contribution < -0.4 is 4.80 Å². The molecule has 0 radical (unpaired) electrons. The lowest BCUT2D eigenvalue weighted by molar-refractivity contribution is 0.0998. The molecule has 3 rings (SSSR count). The number of aromatic nitrogens is 1. The maximum Gasteiger partial charge on any atom is 0.279 e. The van der Waals surface area contributed by atoms with Gasteiger partial charge >= 0.3 is 0 Å². The van der Waals surface area contributed by atoms with Crippen molar-refractivity contribution in [3.63, 3.8) is 0 Å². The molecule has 0 aliphatic heterocycles. The molecule has 0 bridgehead atoms. The van der Waals surface area contributed by atoms with Crippen LogP contribution in [0.1, 0.15) is 22.8 Å². The molecule has 0 spiro atoms. The summed E-state index contributed by atoms with van der Waals surface area (Å²) in [7, 11) is -3.31. The SMILES string of the molecule is C#CCn1c(=NC(=O)c2ccc(S(C)(=O)=O)cc2)sc2cc(CC)ccc21. The summed E-state index contributed by atoms with van der Waals surface area (Å²) < 4.78 is 25.9. The molecule has 0 saturated heterocycles. The highest BCUT2D eigenvalue weighted by molar-refractivity contribution is 7.90. The molecule has 1 heterocycles. The summed E-state index contributed by atoms with van der Waals surface area (Å²) in [5.41, 5.74) is 2.46. The van der Waals surface area contributed by atoms with Crippen molar-refractivity contribution in [1.29, 1.82) is 0 Å². The van der Waals surface area contributed by atoms with Crippen LogP contribution in [0.3, 0.4) is 0 Å². The van der Waals surface area contributed by atoms with Gasteiger partial charge in [0.25, 0.3) is 5.91 Å². The number of fused-ring (bicyclic) bond motifs is 1. The summed E-state index contributed by atoms with van der Waals surface area (Å²) in [6.45, 7) is 2.39. The first-order chi connectivity index (χ1) is 12.8. The predicted octanol–water partition coefficient (Wildman–Crippen LogP) is 3.04. The van der Waals surface area contributed by atoms with Crippen LogP contribution in [0.5, 0.6) is 0 Å². The van der Waals surface area contributed by atoms with E-state index in [1.165, 1.54) is 41.2 Å². The number of nitrogens with zero attached hydrogens (tertiary/aromatic N) is 2. The van der Waals surface area contributed by atoms with Crippen molar-refractivity contribution in [2.45, 2.75) is 24.8 Å². The average molecular weight is 399 g/mol. The minimum atomic E-state index is -3.31. The molecule has 5 nitrogen and oxygen atoms in total. The van der Waals surface area contributed by atoms with E-state index in [-0.39, 0.29) is 4.90 Å². The number of hydrogen-bond donors (Lipinski definition) is 0.